The third kappa shape index (κ3) is 5.50. The molecule has 10 nitrogen and oxygen atoms in total. The van der Waals surface area contributed by atoms with Crippen molar-refractivity contribution in [2.75, 3.05) is 11.9 Å². The molecule has 0 saturated heterocycles. The first kappa shape index (κ1) is 21.3. The summed E-state index contributed by atoms with van der Waals surface area (Å²) in [5.41, 5.74) is 5.37. The fraction of sp³-hybridized carbons (Fsp3) is 0.211. The predicted octanol–water partition coefficient (Wildman–Crippen LogP) is 2.45. The van der Waals surface area contributed by atoms with E-state index in [0.717, 1.165) is 0 Å². The fourth-order valence-electron chi connectivity index (χ4n) is 2.55. The first-order valence-electron chi connectivity index (χ1n) is 8.60. The normalized spacial score (nSPS) is 11.1. The zero-order chi connectivity index (χ0) is 21.4. The Labute approximate surface area is 166 Å². The maximum atomic E-state index is 12.6. The van der Waals surface area contributed by atoms with E-state index < -0.39 is 16.9 Å². The fourth-order valence-corrected chi connectivity index (χ4v) is 2.55. The molecule has 0 spiro atoms. The predicted molar refractivity (Wildman–Crippen MR) is 104 cm³/mol. The SMILES string of the molecule is CCOc1cc(NC(C)=O)ccc1C(=O)NNC(C#N)c1ccccc1[N+](=O)[O-]. The Hall–Kier alpha value is -3.97. The molecule has 150 valence electrons. The molecule has 1 atom stereocenters. The van der Waals surface area contributed by atoms with Crippen LogP contribution in [0.25, 0.3) is 0 Å². The Morgan fingerprint density at radius 3 is 2.62 bits per heavy atom. The lowest BCUT2D eigenvalue weighted by molar-refractivity contribution is -0.385. The van der Waals surface area contributed by atoms with E-state index in [9.17, 15) is 25.0 Å². The van der Waals surface area contributed by atoms with Crippen molar-refractivity contribution in [3.8, 4) is 11.8 Å². The van der Waals surface area contributed by atoms with E-state index >= 15 is 0 Å². The number of rotatable bonds is 8. The zero-order valence-corrected chi connectivity index (χ0v) is 15.8. The summed E-state index contributed by atoms with van der Waals surface area (Å²) in [6.45, 7) is 3.38. The van der Waals surface area contributed by atoms with Crippen molar-refractivity contribution in [3.63, 3.8) is 0 Å². The van der Waals surface area contributed by atoms with Gasteiger partial charge < -0.3 is 10.1 Å². The molecule has 0 saturated carbocycles. The van der Waals surface area contributed by atoms with Crippen molar-refractivity contribution < 1.29 is 19.2 Å². The summed E-state index contributed by atoms with van der Waals surface area (Å²) >= 11 is 0. The lowest BCUT2D eigenvalue weighted by atomic mass is 10.1. The van der Waals surface area contributed by atoms with Crippen molar-refractivity contribution in [1.82, 2.24) is 10.9 Å². The number of anilines is 1. The van der Waals surface area contributed by atoms with E-state index in [1.807, 2.05) is 6.07 Å². The Kier molecular flexibility index (Phi) is 7.22. The van der Waals surface area contributed by atoms with Crippen LogP contribution in [0.5, 0.6) is 5.75 Å². The summed E-state index contributed by atoms with van der Waals surface area (Å²) in [6, 6.07) is 11.0. The number of nitro groups is 1. The number of ether oxygens (including phenoxy) is 1. The molecular weight excluding hydrogens is 378 g/mol. The minimum Gasteiger partial charge on any atom is -0.493 e. The van der Waals surface area contributed by atoms with Crippen LogP contribution in [0.15, 0.2) is 42.5 Å². The maximum absolute atomic E-state index is 12.6. The number of para-hydroxylation sites is 1. The van der Waals surface area contributed by atoms with Crippen LogP contribution in [0, 0.1) is 21.4 Å². The summed E-state index contributed by atoms with van der Waals surface area (Å²) in [5.74, 6) is -0.647. The van der Waals surface area contributed by atoms with E-state index in [4.69, 9.17) is 4.74 Å². The van der Waals surface area contributed by atoms with Crippen molar-refractivity contribution >= 4 is 23.2 Å². The van der Waals surface area contributed by atoms with E-state index in [0.29, 0.717) is 5.69 Å². The van der Waals surface area contributed by atoms with Gasteiger partial charge in [-0.05, 0) is 25.1 Å². The number of carbonyl (C=O) groups is 2. The van der Waals surface area contributed by atoms with Crippen LogP contribution in [0.2, 0.25) is 0 Å². The average molecular weight is 397 g/mol. The molecular formula is C19H19N5O5. The summed E-state index contributed by atoms with van der Waals surface area (Å²) in [5, 5.41) is 23.1. The highest BCUT2D eigenvalue weighted by molar-refractivity contribution is 5.98. The molecule has 0 aromatic heterocycles. The molecule has 3 N–H and O–H groups in total. The molecule has 0 aliphatic rings. The van der Waals surface area contributed by atoms with Crippen LogP contribution in [-0.2, 0) is 4.79 Å². The summed E-state index contributed by atoms with van der Waals surface area (Å²) in [7, 11) is 0. The molecule has 1 unspecified atom stereocenters. The van der Waals surface area contributed by atoms with Crippen molar-refractivity contribution in [2.45, 2.75) is 19.9 Å². The van der Waals surface area contributed by atoms with Gasteiger partial charge in [-0.2, -0.15) is 5.26 Å². The number of nitrogens with zero attached hydrogens (tertiary/aromatic N) is 2. The van der Waals surface area contributed by atoms with Gasteiger partial charge in [0.25, 0.3) is 11.6 Å². The highest BCUT2D eigenvalue weighted by atomic mass is 16.6. The van der Waals surface area contributed by atoms with Gasteiger partial charge in [0.1, 0.15) is 11.8 Å². The molecule has 2 amide bonds. The number of hydrogen-bond donors (Lipinski definition) is 3. The largest absolute Gasteiger partial charge is 0.493 e. The van der Waals surface area contributed by atoms with Gasteiger partial charge in [0, 0.05) is 24.7 Å². The van der Waals surface area contributed by atoms with Gasteiger partial charge in [-0.1, -0.05) is 12.1 Å². The lowest BCUT2D eigenvalue weighted by Crippen LogP contribution is -2.40. The summed E-state index contributed by atoms with van der Waals surface area (Å²) in [6.07, 6.45) is 0. The van der Waals surface area contributed by atoms with E-state index in [1.54, 1.807) is 13.0 Å². The third-order valence-corrected chi connectivity index (χ3v) is 3.75. The number of amides is 2. The number of benzene rings is 2. The first-order valence-corrected chi connectivity index (χ1v) is 8.60. The Bertz CT molecular complexity index is 970. The number of nitrogens with one attached hydrogen (secondary N) is 3. The molecule has 2 rings (SSSR count). The van der Waals surface area contributed by atoms with Crippen molar-refractivity contribution in [1.29, 1.82) is 5.26 Å². The van der Waals surface area contributed by atoms with Gasteiger partial charge in [0.05, 0.1) is 28.7 Å². The van der Waals surface area contributed by atoms with E-state index in [-0.39, 0.29) is 35.1 Å². The van der Waals surface area contributed by atoms with E-state index in [2.05, 4.69) is 16.2 Å². The van der Waals surface area contributed by atoms with Crippen LogP contribution in [0.4, 0.5) is 11.4 Å². The van der Waals surface area contributed by atoms with Crippen LogP contribution >= 0.6 is 0 Å². The zero-order valence-electron chi connectivity index (χ0n) is 15.8. The molecule has 0 aliphatic carbocycles. The molecule has 0 aliphatic heterocycles. The Morgan fingerprint density at radius 1 is 1.28 bits per heavy atom. The van der Waals surface area contributed by atoms with Crippen molar-refractivity contribution in [3.05, 3.63) is 63.7 Å². The van der Waals surface area contributed by atoms with Gasteiger partial charge in [-0.25, -0.2) is 5.43 Å². The summed E-state index contributed by atoms with van der Waals surface area (Å²) in [4.78, 5) is 34.3. The van der Waals surface area contributed by atoms with Gasteiger partial charge in [0.2, 0.25) is 5.91 Å². The third-order valence-electron chi connectivity index (χ3n) is 3.75. The number of nitriles is 1. The van der Waals surface area contributed by atoms with Crippen LogP contribution < -0.4 is 20.9 Å². The molecule has 0 fully saturated rings. The standard InChI is InChI=1S/C19H19N5O5/c1-3-29-18-10-13(21-12(2)25)8-9-15(18)19(26)23-22-16(11-20)14-6-4-5-7-17(14)24(27)28/h4-10,16,22H,3H2,1-2H3,(H,21,25)(H,23,26). The van der Waals surface area contributed by atoms with E-state index in [1.165, 1.54) is 43.3 Å². The molecule has 2 aromatic carbocycles. The average Bonchev–Trinajstić information content (AvgIpc) is 2.68. The smallest absolute Gasteiger partial charge is 0.275 e. The van der Waals surface area contributed by atoms with Crippen LogP contribution in [-0.4, -0.2) is 23.3 Å². The second-order valence-corrected chi connectivity index (χ2v) is 5.80. The number of nitro benzene ring substituents is 1. The monoisotopic (exact) mass is 397 g/mol. The molecule has 2 aromatic rings. The molecule has 29 heavy (non-hydrogen) atoms. The summed E-state index contributed by atoms with van der Waals surface area (Å²) < 4.78 is 5.45. The topological polar surface area (TPSA) is 146 Å². The molecule has 0 radical (unpaired) electrons. The number of hydrogen-bond acceptors (Lipinski definition) is 7. The molecule has 0 heterocycles. The highest BCUT2D eigenvalue weighted by Crippen LogP contribution is 2.25. The second kappa shape index (κ2) is 9.82. The minimum absolute atomic E-state index is 0.117. The Morgan fingerprint density at radius 2 is 2.00 bits per heavy atom. The molecule has 10 heteroatoms. The van der Waals surface area contributed by atoms with Crippen LogP contribution in [0.1, 0.15) is 35.8 Å². The van der Waals surface area contributed by atoms with Gasteiger partial charge in [-0.3, -0.25) is 25.1 Å². The molecule has 0 bridgehead atoms. The van der Waals surface area contributed by atoms with Gasteiger partial charge in [-0.15, -0.1) is 0 Å². The quantitative estimate of drug-likeness (QED) is 0.458. The first-order chi connectivity index (χ1) is 13.9. The number of hydrazine groups is 1. The van der Waals surface area contributed by atoms with Gasteiger partial charge in [0.15, 0.2) is 0 Å². The van der Waals surface area contributed by atoms with Crippen molar-refractivity contribution in [2.24, 2.45) is 0 Å². The second-order valence-electron chi connectivity index (χ2n) is 5.80. The van der Waals surface area contributed by atoms with Crippen LogP contribution in [0.3, 0.4) is 0 Å². The Balaban J connectivity index is 2.20. The maximum Gasteiger partial charge on any atom is 0.275 e. The number of carbonyl (C=O) groups excluding carboxylic acids is 2. The van der Waals surface area contributed by atoms with Gasteiger partial charge >= 0.3 is 0 Å². The lowest BCUT2D eigenvalue weighted by Gasteiger charge is -2.15. The highest BCUT2D eigenvalue weighted by Gasteiger charge is 2.22. The minimum atomic E-state index is -1.14.